The largest absolute Gasteiger partial charge is 0.268 e. The monoisotopic (exact) mass is 395 g/mol. The van der Waals surface area contributed by atoms with E-state index in [0.29, 0.717) is 17.3 Å². The van der Waals surface area contributed by atoms with Crippen LogP contribution in [0.3, 0.4) is 0 Å². The summed E-state index contributed by atoms with van der Waals surface area (Å²) in [5.41, 5.74) is 3.18. The Labute approximate surface area is 166 Å². The molecule has 2 heterocycles. The molecule has 4 rings (SSSR count). The number of hydrogen-bond acceptors (Lipinski definition) is 5. The van der Waals surface area contributed by atoms with Gasteiger partial charge in [0.2, 0.25) is 0 Å². The molecule has 1 aliphatic carbocycles. The Morgan fingerprint density at radius 1 is 1.26 bits per heavy atom. The summed E-state index contributed by atoms with van der Waals surface area (Å²) in [5, 5.41) is 10.4. The smallest absolute Gasteiger partial charge is 0.267 e. The van der Waals surface area contributed by atoms with Gasteiger partial charge < -0.3 is 0 Å². The summed E-state index contributed by atoms with van der Waals surface area (Å²) in [5.74, 6) is 0.630. The van der Waals surface area contributed by atoms with Crippen molar-refractivity contribution in [2.24, 2.45) is 0 Å². The topological polar surface area (TPSA) is 58.7 Å². The number of hydrogen-bond donors (Lipinski definition) is 0. The lowest BCUT2D eigenvalue weighted by Crippen LogP contribution is -2.22. The molecule has 6 heteroatoms. The van der Waals surface area contributed by atoms with Crippen molar-refractivity contribution < 1.29 is 0 Å². The number of aromatic nitrogens is 2. The summed E-state index contributed by atoms with van der Waals surface area (Å²) in [4.78, 5) is 20.7. The van der Waals surface area contributed by atoms with Crippen molar-refractivity contribution in [2.75, 3.05) is 5.75 Å². The summed E-state index contributed by atoms with van der Waals surface area (Å²) >= 11 is 3.18. The van der Waals surface area contributed by atoms with Crippen LogP contribution >= 0.6 is 23.1 Å². The van der Waals surface area contributed by atoms with E-state index in [0.717, 1.165) is 40.7 Å². The minimum atomic E-state index is 0.0353. The van der Waals surface area contributed by atoms with Gasteiger partial charge >= 0.3 is 0 Å². The molecule has 0 unspecified atom stereocenters. The van der Waals surface area contributed by atoms with Crippen LogP contribution < -0.4 is 5.56 Å². The summed E-state index contributed by atoms with van der Waals surface area (Å²) in [7, 11) is 0. The predicted molar refractivity (Wildman–Crippen MR) is 112 cm³/mol. The zero-order valence-electron chi connectivity index (χ0n) is 15.3. The third-order valence-corrected chi connectivity index (χ3v) is 7.14. The summed E-state index contributed by atoms with van der Waals surface area (Å²) in [6.45, 7) is 2.02. The van der Waals surface area contributed by atoms with Crippen molar-refractivity contribution in [3.8, 4) is 11.8 Å². The number of rotatable bonds is 4. The van der Waals surface area contributed by atoms with Gasteiger partial charge in [-0.3, -0.25) is 9.36 Å². The number of fused-ring (bicyclic) bond motifs is 3. The van der Waals surface area contributed by atoms with Crippen LogP contribution in [0.25, 0.3) is 15.9 Å². The van der Waals surface area contributed by atoms with Crippen molar-refractivity contribution in [2.45, 2.75) is 50.6 Å². The maximum absolute atomic E-state index is 13.6. The first kappa shape index (κ1) is 18.3. The Morgan fingerprint density at radius 3 is 2.89 bits per heavy atom. The van der Waals surface area contributed by atoms with E-state index in [1.165, 1.54) is 35.0 Å². The van der Waals surface area contributed by atoms with Crippen LogP contribution in [0.1, 0.15) is 41.7 Å². The van der Waals surface area contributed by atoms with Crippen LogP contribution in [0, 0.1) is 18.3 Å². The maximum Gasteiger partial charge on any atom is 0.267 e. The van der Waals surface area contributed by atoms with Crippen LogP contribution in [0.5, 0.6) is 0 Å². The molecule has 0 fully saturated rings. The Kier molecular flexibility index (Phi) is 5.33. The number of para-hydroxylation sites is 1. The van der Waals surface area contributed by atoms with Gasteiger partial charge in [-0.05, 0) is 49.8 Å². The van der Waals surface area contributed by atoms with Gasteiger partial charge in [0.15, 0.2) is 5.16 Å². The van der Waals surface area contributed by atoms with Gasteiger partial charge in [0.1, 0.15) is 4.83 Å². The summed E-state index contributed by atoms with van der Waals surface area (Å²) < 4.78 is 1.76. The standard InChI is InChI=1S/C21H21N3OS2/c1-14-8-5-6-10-16(14)24-20(25)18-15-9-3-2-4-11-17(15)27-19(18)23-21(24)26-13-7-12-22/h5-6,8,10H,2-4,7,9,11,13H2,1H3. The minimum Gasteiger partial charge on any atom is -0.268 e. The zero-order chi connectivity index (χ0) is 18.8. The van der Waals surface area contributed by atoms with E-state index in [-0.39, 0.29) is 5.56 Å². The van der Waals surface area contributed by atoms with Crippen molar-refractivity contribution in [1.29, 1.82) is 5.26 Å². The number of aryl methyl sites for hydroxylation is 3. The number of thiophene rings is 1. The van der Waals surface area contributed by atoms with Gasteiger partial charge in [0.05, 0.1) is 17.1 Å². The number of nitriles is 1. The molecule has 0 saturated carbocycles. The van der Waals surface area contributed by atoms with Gasteiger partial charge in [-0.1, -0.05) is 36.4 Å². The van der Waals surface area contributed by atoms with E-state index in [9.17, 15) is 4.79 Å². The Hall–Kier alpha value is -2.10. The highest BCUT2D eigenvalue weighted by molar-refractivity contribution is 7.99. The molecule has 0 spiro atoms. The molecule has 0 saturated heterocycles. The molecule has 0 amide bonds. The van der Waals surface area contributed by atoms with Crippen LogP contribution in [-0.4, -0.2) is 15.3 Å². The molecule has 0 N–H and O–H groups in total. The fourth-order valence-corrected chi connectivity index (χ4v) is 5.83. The lowest BCUT2D eigenvalue weighted by molar-refractivity contribution is 0.713. The van der Waals surface area contributed by atoms with Gasteiger partial charge in [-0.15, -0.1) is 11.3 Å². The minimum absolute atomic E-state index is 0.0353. The molecular formula is C21H21N3OS2. The fourth-order valence-electron chi connectivity index (χ4n) is 3.67. The van der Waals surface area contributed by atoms with Crippen molar-refractivity contribution in [3.63, 3.8) is 0 Å². The van der Waals surface area contributed by atoms with Crippen LogP contribution in [0.2, 0.25) is 0 Å². The SMILES string of the molecule is Cc1ccccc1-n1c(SCCC#N)nc2sc3c(c2c1=O)CCCCC3. The van der Waals surface area contributed by atoms with E-state index in [4.69, 9.17) is 10.2 Å². The fraction of sp³-hybridized carbons (Fsp3) is 0.381. The highest BCUT2D eigenvalue weighted by Gasteiger charge is 2.22. The number of benzene rings is 1. The molecule has 0 atom stereocenters. The van der Waals surface area contributed by atoms with Crippen LogP contribution in [0.15, 0.2) is 34.2 Å². The van der Waals surface area contributed by atoms with Crippen molar-refractivity contribution >= 4 is 33.3 Å². The normalized spacial score (nSPS) is 13.9. The third kappa shape index (κ3) is 3.42. The first-order valence-corrected chi connectivity index (χ1v) is 11.1. The molecule has 0 aliphatic heterocycles. The van der Waals surface area contributed by atoms with Crippen LogP contribution in [-0.2, 0) is 12.8 Å². The third-order valence-electron chi connectivity index (χ3n) is 5.01. The Morgan fingerprint density at radius 2 is 2.07 bits per heavy atom. The maximum atomic E-state index is 13.6. The molecule has 2 aromatic heterocycles. The van der Waals surface area contributed by atoms with Gasteiger partial charge in [-0.2, -0.15) is 5.26 Å². The van der Waals surface area contributed by atoms with Gasteiger partial charge in [0.25, 0.3) is 5.56 Å². The molecule has 1 aliphatic rings. The second kappa shape index (κ2) is 7.87. The molecule has 138 valence electrons. The van der Waals surface area contributed by atoms with E-state index < -0.39 is 0 Å². The van der Waals surface area contributed by atoms with Gasteiger partial charge in [0, 0.05) is 17.1 Å². The van der Waals surface area contributed by atoms with Crippen molar-refractivity contribution in [1.82, 2.24) is 9.55 Å². The Balaban J connectivity index is 1.97. The number of thioether (sulfide) groups is 1. The highest BCUT2D eigenvalue weighted by Crippen LogP contribution is 2.35. The molecule has 4 nitrogen and oxygen atoms in total. The summed E-state index contributed by atoms with van der Waals surface area (Å²) in [6, 6.07) is 10.1. The molecule has 27 heavy (non-hydrogen) atoms. The number of nitrogens with zero attached hydrogens (tertiary/aromatic N) is 3. The first-order valence-electron chi connectivity index (χ1n) is 9.33. The van der Waals surface area contributed by atoms with E-state index >= 15 is 0 Å². The summed E-state index contributed by atoms with van der Waals surface area (Å²) in [6.07, 6.45) is 6.02. The Bertz CT molecular complexity index is 1090. The average molecular weight is 396 g/mol. The second-order valence-corrected chi connectivity index (χ2v) is 8.97. The van der Waals surface area contributed by atoms with Crippen molar-refractivity contribution in [3.05, 3.63) is 50.6 Å². The zero-order valence-corrected chi connectivity index (χ0v) is 17.0. The second-order valence-electron chi connectivity index (χ2n) is 6.82. The molecule has 0 radical (unpaired) electrons. The highest BCUT2D eigenvalue weighted by atomic mass is 32.2. The van der Waals surface area contributed by atoms with Gasteiger partial charge in [-0.25, -0.2) is 4.98 Å². The lowest BCUT2D eigenvalue weighted by atomic mass is 10.1. The first-order chi connectivity index (χ1) is 13.2. The average Bonchev–Trinajstić information content (AvgIpc) is 2.85. The quantitative estimate of drug-likeness (QED) is 0.269. The molecule has 1 aromatic carbocycles. The lowest BCUT2D eigenvalue weighted by Gasteiger charge is -2.14. The molecule has 0 bridgehead atoms. The molecular weight excluding hydrogens is 374 g/mol. The van der Waals surface area contributed by atoms with E-state index in [1.54, 1.807) is 15.9 Å². The van der Waals surface area contributed by atoms with Crippen LogP contribution in [0.4, 0.5) is 0 Å². The molecule has 3 aromatic rings. The predicted octanol–water partition coefficient (Wildman–Crippen LogP) is 5.03. The van der Waals surface area contributed by atoms with E-state index in [1.807, 2.05) is 31.2 Å². The van der Waals surface area contributed by atoms with E-state index in [2.05, 4.69) is 6.07 Å².